The van der Waals surface area contributed by atoms with Crippen LogP contribution in [0.5, 0.6) is 0 Å². The van der Waals surface area contributed by atoms with Crippen LogP contribution in [0.25, 0.3) is 0 Å². The Morgan fingerprint density at radius 3 is 2.27 bits per heavy atom. The fourth-order valence-electron chi connectivity index (χ4n) is 1.67. The molecule has 0 saturated carbocycles. The van der Waals surface area contributed by atoms with Gasteiger partial charge in [0.05, 0.1) is 6.10 Å². The van der Waals surface area contributed by atoms with Gasteiger partial charge in [-0.3, -0.25) is 10.1 Å². The maximum absolute atomic E-state index is 11.8. The molecule has 2 atom stereocenters. The molecule has 15 heavy (non-hydrogen) atoms. The first-order chi connectivity index (χ1) is 6.61. The minimum absolute atomic E-state index is 0.158. The molecular weight excluding hydrogens is 194 g/mol. The first-order valence-corrected chi connectivity index (χ1v) is 5.29. The summed E-state index contributed by atoms with van der Waals surface area (Å²) in [7, 11) is 0. The molecule has 0 amide bonds. The monoisotopic (exact) mass is 215 g/mol. The zero-order chi connectivity index (χ0) is 11.9. The predicted molar refractivity (Wildman–Crippen MR) is 57.4 cm³/mol. The fourth-order valence-corrected chi connectivity index (χ4v) is 1.67. The van der Waals surface area contributed by atoms with Crippen molar-refractivity contribution in [1.29, 1.82) is 0 Å². The molecule has 1 aliphatic heterocycles. The van der Waals surface area contributed by atoms with Crippen LogP contribution in [-0.4, -0.2) is 29.4 Å². The number of esters is 1. The lowest BCUT2D eigenvalue weighted by Gasteiger charge is -2.23. The molecule has 4 nitrogen and oxygen atoms in total. The highest BCUT2D eigenvalue weighted by Gasteiger charge is 2.42. The molecule has 1 heterocycles. The van der Waals surface area contributed by atoms with Crippen LogP contribution in [0.2, 0.25) is 0 Å². The van der Waals surface area contributed by atoms with E-state index in [2.05, 4.69) is 5.32 Å². The number of carbonyl (C=O) groups excluding carboxylic acids is 1. The third kappa shape index (κ3) is 3.47. The van der Waals surface area contributed by atoms with Crippen LogP contribution >= 0.6 is 0 Å². The van der Waals surface area contributed by atoms with E-state index in [4.69, 9.17) is 9.47 Å². The van der Waals surface area contributed by atoms with Gasteiger partial charge in [-0.2, -0.15) is 0 Å². The van der Waals surface area contributed by atoms with Crippen molar-refractivity contribution >= 4 is 5.97 Å². The van der Waals surface area contributed by atoms with Gasteiger partial charge in [-0.25, -0.2) is 0 Å². The lowest BCUT2D eigenvalue weighted by molar-refractivity contribution is -0.158. The molecule has 0 aromatic heterocycles. The van der Waals surface area contributed by atoms with Crippen LogP contribution in [0.15, 0.2) is 0 Å². The average molecular weight is 215 g/mol. The largest absolute Gasteiger partial charge is 0.459 e. The Kier molecular flexibility index (Phi) is 3.12. The number of rotatable bonds is 1. The van der Waals surface area contributed by atoms with Gasteiger partial charge in [0.15, 0.2) is 0 Å². The summed E-state index contributed by atoms with van der Waals surface area (Å²) in [4.78, 5) is 11.8. The smallest absolute Gasteiger partial charge is 0.326 e. The Bertz CT molecular complexity index is 255. The highest BCUT2D eigenvalue weighted by molar-refractivity contribution is 5.77. The normalized spacial score (nSPS) is 30.3. The van der Waals surface area contributed by atoms with Crippen LogP contribution in [0.4, 0.5) is 0 Å². The van der Waals surface area contributed by atoms with Crippen molar-refractivity contribution in [3.8, 4) is 0 Å². The summed E-state index contributed by atoms with van der Waals surface area (Å²) in [5.74, 6) is -0.249. The quantitative estimate of drug-likeness (QED) is 0.672. The van der Waals surface area contributed by atoms with Crippen LogP contribution < -0.4 is 5.32 Å². The topological polar surface area (TPSA) is 47.6 Å². The number of hydrogen-bond donors (Lipinski definition) is 1. The Labute approximate surface area is 91.3 Å². The Hall–Kier alpha value is -0.610. The maximum Gasteiger partial charge on any atom is 0.326 e. The lowest BCUT2D eigenvalue weighted by atomic mass is 10.1. The van der Waals surface area contributed by atoms with E-state index in [9.17, 15) is 4.79 Å². The zero-order valence-electron chi connectivity index (χ0n) is 10.4. The summed E-state index contributed by atoms with van der Waals surface area (Å²) < 4.78 is 10.9. The zero-order valence-corrected chi connectivity index (χ0v) is 10.4. The summed E-state index contributed by atoms with van der Waals surface area (Å²) in [5.41, 5.74) is -0.911. The first kappa shape index (κ1) is 12.5. The van der Waals surface area contributed by atoms with Crippen molar-refractivity contribution in [2.75, 3.05) is 0 Å². The molecule has 1 rings (SSSR count). The SMILES string of the molecule is C[C@H]1OC(C)(C)N[C@@H]1C(=O)OC(C)(C)C. The molecule has 0 aromatic carbocycles. The summed E-state index contributed by atoms with van der Waals surface area (Å²) in [6.07, 6.45) is -0.158. The molecule has 1 N–H and O–H groups in total. The number of hydrogen-bond acceptors (Lipinski definition) is 4. The van der Waals surface area contributed by atoms with Gasteiger partial charge < -0.3 is 9.47 Å². The van der Waals surface area contributed by atoms with Crippen molar-refractivity contribution in [1.82, 2.24) is 5.32 Å². The van der Waals surface area contributed by atoms with E-state index in [-0.39, 0.29) is 18.1 Å². The van der Waals surface area contributed by atoms with Crippen LogP contribution in [-0.2, 0) is 14.3 Å². The van der Waals surface area contributed by atoms with Gasteiger partial charge in [-0.05, 0) is 41.5 Å². The van der Waals surface area contributed by atoms with E-state index in [1.54, 1.807) is 0 Å². The molecule has 0 spiro atoms. The third-order valence-electron chi connectivity index (χ3n) is 2.11. The second kappa shape index (κ2) is 3.76. The molecular formula is C11H21NO3. The molecule has 0 bridgehead atoms. The predicted octanol–water partition coefficient (Wildman–Crippen LogP) is 1.44. The van der Waals surface area contributed by atoms with Gasteiger partial charge in [0, 0.05) is 0 Å². The van der Waals surface area contributed by atoms with Gasteiger partial charge >= 0.3 is 5.97 Å². The van der Waals surface area contributed by atoms with E-state index >= 15 is 0 Å². The third-order valence-corrected chi connectivity index (χ3v) is 2.11. The molecule has 0 unspecified atom stereocenters. The van der Waals surface area contributed by atoms with Crippen molar-refractivity contribution in [3.05, 3.63) is 0 Å². The number of carbonyl (C=O) groups is 1. The van der Waals surface area contributed by atoms with Crippen molar-refractivity contribution in [3.63, 3.8) is 0 Å². The minimum Gasteiger partial charge on any atom is -0.459 e. The Morgan fingerprint density at radius 1 is 1.40 bits per heavy atom. The average Bonchev–Trinajstić information content (AvgIpc) is 2.20. The maximum atomic E-state index is 11.8. The summed E-state index contributed by atoms with van der Waals surface area (Å²) in [6.45, 7) is 11.2. The molecule has 1 fully saturated rings. The second-order valence-electron chi connectivity index (χ2n) is 5.49. The highest BCUT2D eigenvalue weighted by Crippen LogP contribution is 2.22. The van der Waals surface area contributed by atoms with E-state index in [0.29, 0.717) is 0 Å². The van der Waals surface area contributed by atoms with E-state index < -0.39 is 11.3 Å². The van der Waals surface area contributed by atoms with Gasteiger partial charge in [-0.15, -0.1) is 0 Å². The van der Waals surface area contributed by atoms with Gasteiger partial charge in [0.2, 0.25) is 0 Å². The first-order valence-electron chi connectivity index (χ1n) is 5.29. The van der Waals surface area contributed by atoms with Crippen molar-refractivity contribution in [2.45, 2.75) is 65.0 Å². The molecule has 4 heteroatoms. The molecule has 0 radical (unpaired) electrons. The van der Waals surface area contributed by atoms with Gasteiger partial charge in [0.1, 0.15) is 17.4 Å². The fraction of sp³-hybridized carbons (Fsp3) is 0.909. The second-order valence-corrected chi connectivity index (χ2v) is 5.49. The minimum atomic E-state index is -0.457. The molecule has 88 valence electrons. The molecule has 1 saturated heterocycles. The van der Waals surface area contributed by atoms with E-state index in [1.807, 2.05) is 41.5 Å². The Balaban J connectivity index is 2.62. The molecule has 0 aliphatic carbocycles. The highest BCUT2D eigenvalue weighted by atomic mass is 16.6. The number of ether oxygens (including phenoxy) is 2. The Morgan fingerprint density at radius 2 is 1.93 bits per heavy atom. The summed E-state index contributed by atoms with van der Waals surface area (Å²) >= 11 is 0. The van der Waals surface area contributed by atoms with Crippen molar-refractivity contribution in [2.24, 2.45) is 0 Å². The van der Waals surface area contributed by atoms with Crippen LogP contribution in [0.1, 0.15) is 41.5 Å². The van der Waals surface area contributed by atoms with Crippen molar-refractivity contribution < 1.29 is 14.3 Å². The van der Waals surface area contributed by atoms with Crippen LogP contribution in [0, 0.1) is 0 Å². The van der Waals surface area contributed by atoms with Gasteiger partial charge in [0.25, 0.3) is 0 Å². The van der Waals surface area contributed by atoms with E-state index in [0.717, 1.165) is 0 Å². The molecule has 1 aliphatic rings. The standard InChI is InChI=1S/C11H21NO3/c1-7-8(12-11(5,6)14-7)9(13)15-10(2,3)4/h7-8,12H,1-6H3/t7-,8+/m1/s1. The van der Waals surface area contributed by atoms with E-state index in [1.165, 1.54) is 0 Å². The van der Waals surface area contributed by atoms with Crippen LogP contribution in [0.3, 0.4) is 0 Å². The summed E-state index contributed by atoms with van der Waals surface area (Å²) in [5, 5.41) is 3.11. The number of nitrogens with one attached hydrogen (secondary N) is 1. The molecule has 0 aromatic rings. The van der Waals surface area contributed by atoms with Gasteiger partial charge in [-0.1, -0.05) is 0 Å². The lowest BCUT2D eigenvalue weighted by Crippen LogP contribution is -2.46. The summed E-state index contributed by atoms with van der Waals surface area (Å²) in [6, 6.07) is -0.376.